The van der Waals surface area contributed by atoms with Crippen LogP contribution in [0.4, 0.5) is 5.82 Å². The van der Waals surface area contributed by atoms with Crippen LogP contribution in [0.3, 0.4) is 0 Å². The molecule has 4 heterocycles. The highest BCUT2D eigenvalue weighted by atomic mass is 32.2. The molecule has 0 radical (unpaired) electrons. The number of primary amides is 1. The number of hydrogen-bond acceptors (Lipinski definition) is 7. The third kappa shape index (κ3) is 3.32. The van der Waals surface area contributed by atoms with Gasteiger partial charge in [-0.25, -0.2) is 18.4 Å². The quantitative estimate of drug-likeness (QED) is 0.766. The van der Waals surface area contributed by atoms with Crippen molar-refractivity contribution >= 4 is 21.7 Å². The number of piperazine rings is 1. The van der Waals surface area contributed by atoms with E-state index in [1.165, 1.54) is 29.6 Å². The first-order chi connectivity index (χ1) is 13.7. The van der Waals surface area contributed by atoms with Gasteiger partial charge in [-0.3, -0.25) is 4.79 Å². The topological polar surface area (TPSA) is 119 Å². The highest BCUT2D eigenvalue weighted by Crippen LogP contribution is 2.39. The van der Waals surface area contributed by atoms with Gasteiger partial charge in [0.2, 0.25) is 10.0 Å². The molecule has 29 heavy (non-hydrogen) atoms. The fourth-order valence-corrected chi connectivity index (χ4v) is 6.02. The lowest BCUT2D eigenvalue weighted by molar-refractivity contribution is 0.0874. The molecule has 2 aromatic rings. The molecule has 2 bridgehead atoms. The van der Waals surface area contributed by atoms with E-state index in [4.69, 9.17) is 10.5 Å². The van der Waals surface area contributed by atoms with Gasteiger partial charge < -0.3 is 15.4 Å². The molecule has 2 N–H and O–H groups in total. The fourth-order valence-electron chi connectivity index (χ4n) is 4.18. The number of nitrogens with zero attached hydrogens (tertiary/aromatic N) is 4. The molecule has 2 unspecified atom stereocenters. The Bertz CT molecular complexity index is 1060. The molecule has 1 aromatic carbocycles. The second-order valence-corrected chi connectivity index (χ2v) is 9.27. The molecule has 2 atom stereocenters. The average Bonchev–Trinajstić information content (AvgIpc) is 2.66. The number of piperidine rings is 1. The van der Waals surface area contributed by atoms with Gasteiger partial charge in [0.15, 0.2) is 0 Å². The van der Waals surface area contributed by atoms with Gasteiger partial charge in [-0.15, -0.1) is 0 Å². The van der Waals surface area contributed by atoms with Crippen molar-refractivity contribution in [1.29, 1.82) is 0 Å². The normalized spacial score (nSPS) is 21.6. The lowest BCUT2D eigenvalue weighted by Gasteiger charge is -2.55. The van der Waals surface area contributed by atoms with Crippen LogP contribution in [-0.4, -0.2) is 60.9 Å². The van der Waals surface area contributed by atoms with E-state index in [0.29, 0.717) is 18.9 Å². The maximum atomic E-state index is 13.2. The zero-order valence-electron chi connectivity index (χ0n) is 16.5. The number of ether oxygens (including phenoxy) is 1. The molecule has 3 aliphatic heterocycles. The molecule has 1 amide bonds. The minimum atomic E-state index is -3.75. The Morgan fingerprint density at radius 1 is 1.17 bits per heavy atom. The minimum absolute atomic E-state index is 0.0453. The summed E-state index contributed by atoms with van der Waals surface area (Å²) in [4.78, 5) is 22.6. The first kappa shape index (κ1) is 19.6. The van der Waals surface area contributed by atoms with Crippen LogP contribution < -0.4 is 15.4 Å². The third-order valence-electron chi connectivity index (χ3n) is 5.41. The largest absolute Gasteiger partial charge is 0.496 e. The van der Waals surface area contributed by atoms with E-state index in [1.54, 1.807) is 0 Å². The number of hydrogen-bond donors (Lipinski definition) is 1. The Hall–Kier alpha value is -2.72. The maximum Gasteiger partial charge on any atom is 0.252 e. The number of aromatic nitrogens is 2. The van der Waals surface area contributed by atoms with E-state index in [-0.39, 0.29) is 28.3 Å². The van der Waals surface area contributed by atoms with Gasteiger partial charge in [0, 0.05) is 36.9 Å². The third-order valence-corrected chi connectivity index (χ3v) is 7.42. The number of carbonyl (C=O) groups is 1. The number of benzene rings is 1. The van der Waals surface area contributed by atoms with Gasteiger partial charge in [0.1, 0.15) is 17.4 Å². The summed E-state index contributed by atoms with van der Waals surface area (Å²) in [5.74, 6) is 1.03. The van der Waals surface area contributed by atoms with Crippen LogP contribution in [0.5, 0.6) is 5.75 Å². The Balaban J connectivity index is 1.59. The predicted octanol–water partition coefficient (Wildman–Crippen LogP) is 0.853. The van der Waals surface area contributed by atoms with Crippen molar-refractivity contribution in [3.63, 3.8) is 0 Å². The highest BCUT2D eigenvalue weighted by Gasteiger charge is 2.51. The molecule has 10 heteroatoms. The molecule has 1 aromatic heterocycles. The monoisotopic (exact) mass is 417 g/mol. The molecule has 3 aliphatic rings. The summed E-state index contributed by atoms with van der Waals surface area (Å²) in [5.41, 5.74) is 6.31. The summed E-state index contributed by atoms with van der Waals surface area (Å²) in [6.07, 6.45) is 0.803. The predicted molar refractivity (Wildman–Crippen MR) is 106 cm³/mol. The number of nitrogens with two attached hydrogens (primary N) is 1. The van der Waals surface area contributed by atoms with Crippen LogP contribution in [0, 0.1) is 13.8 Å². The van der Waals surface area contributed by atoms with Gasteiger partial charge in [-0.05, 0) is 38.5 Å². The van der Waals surface area contributed by atoms with Crippen molar-refractivity contribution in [3.05, 3.63) is 41.3 Å². The number of carbonyl (C=O) groups excluding carboxylic acids is 1. The second kappa shape index (κ2) is 6.96. The number of methoxy groups -OCH3 is 1. The molecule has 0 saturated carbocycles. The standard InChI is InChI=1S/C19H23N5O4S/c1-11-6-18(22-12(2)21-11)23-9-13-7-14(10-23)24(13)29(26,27)15-4-5-17(28-3)16(8-15)19(20)25/h4-6,8,13-14H,7,9-10H2,1-3H3,(H2,20,25). The zero-order chi connectivity index (χ0) is 20.9. The molecule has 0 spiro atoms. The summed E-state index contributed by atoms with van der Waals surface area (Å²) in [7, 11) is -2.35. The van der Waals surface area contributed by atoms with Crippen molar-refractivity contribution in [3.8, 4) is 5.75 Å². The van der Waals surface area contributed by atoms with E-state index >= 15 is 0 Å². The second-order valence-electron chi connectivity index (χ2n) is 7.42. The molecule has 154 valence electrons. The molecule has 9 nitrogen and oxygen atoms in total. The van der Waals surface area contributed by atoms with Crippen LogP contribution in [0.15, 0.2) is 29.2 Å². The lowest BCUT2D eigenvalue weighted by Crippen LogP contribution is -2.70. The van der Waals surface area contributed by atoms with E-state index in [1.807, 2.05) is 19.9 Å². The van der Waals surface area contributed by atoms with Crippen molar-refractivity contribution in [2.24, 2.45) is 5.73 Å². The van der Waals surface area contributed by atoms with E-state index in [9.17, 15) is 13.2 Å². The summed E-state index contributed by atoms with van der Waals surface area (Å²) < 4.78 is 33.1. The van der Waals surface area contributed by atoms with Crippen molar-refractivity contribution in [2.45, 2.75) is 37.2 Å². The smallest absolute Gasteiger partial charge is 0.252 e. The Labute approximate surface area is 169 Å². The number of sulfonamides is 1. The van der Waals surface area contributed by atoms with E-state index in [0.717, 1.165) is 17.9 Å². The van der Waals surface area contributed by atoms with Crippen molar-refractivity contribution in [1.82, 2.24) is 14.3 Å². The number of anilines is 1. The van der Waals surface area contributed by atoms with Crippen LogP contribution in [0.1, 0.15) is 28.3 Å². The average molecular weight is 417 g/mol. The van der Waals surface area contributed by atoms with Crippen LogP contribution in [0.2, 0.25) is 0 Å². The van der Waals surface area contributed by atoms with Crippen LogP contribution in [0.25, 0.3) is 0 Å². The van der Waals surface area contributed by atoms with Crippen LogP contribution in [-0.2, 0) is 10.0 Å². The molecule has 0 aliphatic carbocycles. The van der Waals surface area contributed by atoms with Crippen molar-refractivity contribution in [2.75, 3.05) is 25.1 Å². The number of rotatable bonds is 5. The Morgan fingerprint density at radius 3 is 2.45 bits per heavy atom. The Morgan fingerprint density at radius 2 is 1.86 bits per heavy atom. The summed E-state index contributed by atoms with van der Waals surface area (Å²) in [5, 5.41) is 0. The van der Waals surface area contributed by atoms with Crippen LogP contribution >= 0.6 is 0 Å². The first-order valence-electron chi connectivity index (χ1n) is 9.29. The van der Waals surface area contributed by atoms with Gasteiger partial charge in [-0.2, -0.15) is 4.31 Å². The molecule has 5 rings (SSSR count). The molecular formula is C19H23N5O4S. The zero-order valence-corrected chi connectivity index (χ0v) is 17.3. The highest BCUT2D eigenvalue weighted by molar-refractivity contribution is 7.89. The van der Waals surface area contributed by atoms with Gasteiger partial charge in [-0.1, -0.05) is 0 Å². The number of aryl methyl sites for hydroxylation is 2. The summed E-state index contributed by atoms with van der Waals surface area (Å²) >= 11 is 0. The number of fused-ring (bicyclic) bond motifs is 2. The van der Waals surface area contributed by atoms with E-state index < -0.39 is 15.9 Å². The molecule has 3 fully saturated rings. The summed E-state index contributed by atoms with van der Waals surface area (Å²) in [6, 6.07) is 5.82. The van der Waals surface area contributed by atoms with Crippen molar-refractivity contribution < 1.29 is 17.9 Å². The number of amides is 1. The molecular weight excluding hydrogens is 394 g/mol. The van der Waals surface area contributed by atoms with Gasteiger partial charge in [0.25, 0.3) is 5.91 Å². The first-order valence-corrected chi connectivity index (χ1v) is 10.7. The maximum absolute atomic E-state index is 13.2. The Kier molecular flexibility index (Phi) is 4.70. The lowest BCUT2D eigenvalue weighted by atomic mass is 9.91. The SMILES string of the molecule is COc1ccc(S(=O)(=O)N2C3CC2CN(c2cc(C)nc(C)n2)C3)cc1C(N)=O. The fraction of sp³-hybridized carbons (Fsp3) is 0.421. The van der Waals surface area contributed by atoms with Gasteiger partial charge >= 0.3 is 0 Å². The minimum Gasteiger partial charge on any atom is -0.496 e. The van der Waals surface area contributed by atoms with Gasteiger partial charge in [0.05, 0.1) is 17.6 Å². The summed E-state index contributed by atoms with van der Waals surface area (Å²) in [6.45, 7) is 4.88. The molecule has 3 saturated heterocycles. The van der Waals surface area contributed by atoms with E-state index in [2.05, 4.69) is 14.9 Å².